The third-order valence-corrected chi connectivity index (χ3v) is 4.56. The molecule has 0 aliphatic carbocycles. The molecule has 0 bridgehead atoms. The zero-order valence-electron chi connectivity index (χ0n) is 17.0. The smallest absolute Gasteiger partial charge is 0.264 e. The molecule has 0 spiro atoms. The Morgan fingerprint density at radius 2 is 1.90 bits per heavy atom. The number of hydrogen-bond acceptors (Lipinski definition) is 7. The molecule has 9 nitrogen and oxygen atoms in total. The molecular weight excluding hydrogens is 420 g/mol. The van der Waals surface area contributed by atoms with E-state index in [-0.39, 0.29) is 16.2 Å². The monoisotopic (exact) mass is 440 g/mol. The number of aromatic nitrogens is 2. The van der Waals surface area contributed by atoms with Crippen molar-refractivity contribution in [2.24, 2.45) is 4.99 Å². The molecule has 3 rings (SSSR count). The molecule has 31 heavy (non-hydrogen) atoms. The van der Waals surface area contributed by atoms with E-state index in [4.69, 9.17) is 21.7 Å². The van der Waals surface area contributed by atoms with Gasteiger partial charge in [-0.1, -0.05) is 0 Å². The van der Waals surface area contributed by atoms with Crippen LogP contribution in [0.5, 0.6) is 17.4 Å². The van der Waals surface area contributed by atoms with Gasteiger partial charge in [0.2, 0.25) is 11.8 Å². The molecule has 160 valence electrons. The van der Waals surface area contributed by atoms with Gasteiger partial charge in [0.15, 0.2) is 4.77 Å². The van der Waals surface area contributed by atoms with Gasteiger partial charge in [-0.25, -0.2) is 0 Å². The lowest BCUT2D eigenvalue weighted by molar-refractivity contribution is -0.114. The van der Waals surface area contributed by atoms with E-state index in [0.717, 1.165) is 0 Å². The molecule has 0 unspecified atom stereocenters. The third kappa shape index (κ3) is 4.81. The maximum atomic E-state index is 12.4. The van der Waals surface area contributed by atoms with Crippen LogP contribution in [0.15, 0.2) is 52.3 Å². The van der Waals surface area contributed by atoms with Crippen molar-refractivity contribution >= 4 is 35.7 Å². The van der Waals surface area contributed by atoms with Crippen LogP contribution >= 0.6 is 12.2 Å². The van der Waals surface area contributed by atoms with E-state index < -0.39 is 11.4 Å². The Labute approximate surface area is 182 Å². The van der Waals surface area contributed by atoms with Crippen LogP contribution < -0.4 is 20.3 Å². The van der Waals surface area contributed by atoms with Crippen LogP contribution in [0, 0.1) is 4.77 Å². The lowest BCUT2D eigenvalue weighted by atomic mass is 10.2. The first kappa shape index (κ1) is 21.8. The van der Waals surface area contributed by atoms with Crippen molar-refractivity contribution in [1.82, 2.24) is 9.55 Å². The van der Waals surface area contributed by atoms with E-state index in [2.05, 4.69) is 15.3 Å². The summed E-state index contributed by atoms with van der Waals surface area (Å²) < 4.78 is 11.8. The summed E-state index contributed by atoms with van der Waals surface area (Å²) in [5.41, 5.74) is 0.824. The Balaban J connectivity index is 2.06. The Morgan fingerprint density at radius 3 is 2.52 bits per heavy atom. The molecule has 0 aliphatic heterocycles. The Morgan fingerprint density at radius 1 is 1.19 bits per heavy atom. The molecule has 0 atom stereocenters. The van der Waals surface area contributed by atoms with E-state index in [9.17, 15) is 14.7 Å². The average molecular weight is 440 g/mol. The van der Waals surface area contributed by atoms with Crippen molar-refractivity contribution in [2.75, 3.05) is 19.5 Å². The number of aliphatic imine (C=N–C) groups is 1. The molecule has 0 saturated heterocycles. The molecule has 1 aromatic heterocycles. The van der Waals surface area contributed by atoms with Crippen molar-refractivity contribution < 1.29 is 19.4 Å². The second kappa shape index (κ2) is 9.26. The molecule has 0 saturated carbocycles. The van der Waals surface area contributed by atoms with Crippen molar-refractivity contribution in [3.8, 4) is 23.1 Å². The zero-order valence-corrected chi connectivity index (χ0v) is 17.8. The number of methoxy groups -OCH3 is 2. The molecule has 0 radical (unpaired) electrons. The highest BCUT2D eigenvalue weighted by atomic mass is 32.1. The second-order valence-corrected chi connectivity index (χ2v) is 6.74. The van der Waals surface area contributed by atoms with Gasteiger partial charge in [0.1, 0.15) is 17.1 Å². The first-order valence-electron chi connectivity index (χ1n) is 9.06. The largest absolute Gasteiger partial charge is 0.497 e. The molecule has 2 aromatic carbocycles. The zero-order chi connectivity index (χ0) is 22.5. The Bertz CT molecular complexity index is 1260. The number of anilines is 1. The number of aromatic hydroxyl groups is 1. The maximum absolute atomic E-state index is 12.4. The number of ether oxygens (including phenoxy) is 2. The number of nitrogens with zero attached hydrogens (tertiary/aromatic N) is 2. The Kier molecular flexibility index (Phi) is 6.51. The fourth-order valence-electron chi connectivity index (χ4n) is 2.82. The molecule has 0 aliphatic rings. The quantitative estimate of drug-likeness (QED) is 0.400. The molecule has 1 heterocycles. The van der Waals surface area contributed by atoms with Gasteiger partial charge >= 0.3 is 0 Å². The second-order valence-electron chi connectivity index (χ2n) is 6.36. The number of hydrogen-bond donors (Lipinski definition) is 3. The first-order chi connectivity index (χ1) is 14.8. The summed E-state index contributed by atoms with van der Waals surface area (Å²) in [6.45, 7) is 1.41. The summed E-state index contributed by atoms with van der Waals surface area (Å²) in [6, 6.07) is 11.6. The van der Waals surface area contributed by atoms with Gasteiger partial charge in [0.05, 0.1) is 25.6 Å². The normalized spacial score (nSPS) is 10.8. The number of amides is 1. The van der Waals surface area contributed by atoms with Crippen molar-refractivity contribution in [3.05, 3.63) is 63.2 Å². The van der Waals surface area contributed by atoms with Crippen molar-refractivity contribution in [2.45, 2.75) is 6.92 Å². The standard InChI is InChI=1S/C21H20N4O5S/c1-12(26)23-14-6-4-13(5-7-14)22-11-16-19(27)24-21(31)25(20(16)28)17-10-15(29-2)8-9-18(17)30-3/h4-11,28H,1-3H3,(H,23,26)(H,24,27,31). The van der Waals surface area contributed by atoms with Crippen molar-refractivity contribution in [1.29, 1.82) is 0 Å². The molecule has 3 aromatic rings. The predicted molar refractivity (Wildman–Crippen MR) is 120 cm³/mol. The molecule has 3 N–H and O–H groups in total. The maximum Gasteiger partial charge on any atom is 0.264 e. The van der Waals surface area contributed by atoms with Gasteiger partial charge in [-0.3, -0.25) is 24.1 Å². The van der Waals surface area contributed by atoms with Crippen LogP contribution in [0.4, 0.5) is 11.4 Å². The Hall–Kier alpha value is -3.92. The molecule has 0 fully saturated rings. The van der Waals surface area contributed by atoms with Crippen LogP contribution in [0.3, 0.4) is 0 Å². The summed E-state index contributed by atoms with van der Waals surface area (Å²) in [5.74, 6) is 0.335. The number of aromatic amines is 1. The van der Waals surface area contributed by atoms with Crippen LogP contribution in [-0.4, -0.2) is 41.0 Å². The van der Waals surface area contributed by atoms with E-state index in [0.29, 0.717) is 28.6 Å². The van der Waals surface area contributed by atoms with Crippen molar-refractivity contribution in [3.63, 3.8) is 0 Å². The van der Waals surface area contributed by atoms with Gasteiger partial charge in [0.25, 0.3) is 5.56 Å². The van der Waals surface area contributed by atoms with Gasteiger partial charge in [-0.15, -0.1) is 0 Å². The van der Waals surface area contributed by atoms with E-state index in [1.165, 1.54) is 31.9 Å². The summed E-state index contributed by atoms with van der Waals surface area (Å²) in [4.78, 5) is 30.3. The molecular formula is C21H20N4O5S. The first-order valence-corrected chi connectivity index (χ1v) is 9.47. The number of H-pyrrole nitrogens is 1. The van der Waals surface area contributed by atoms with Crippen LogP contribution in [0.25, 0.3) is 5.69 Å². The van der Waals surface area contributed by atoms with E-state index >= 15 is 0 Å². The van der Waals surface area contributed by atoms with Gasteiger partial charge in [0, 0.05) is 24.9 Å². The number of carbonyl (C=O) groups is 1. The minimum Gasteiger partial charge on any atom is -0.497 e. The van der Waals surface area contributed by atoms with E-state index in [1.807, 2.05) is 0 Å². The topological polar surface area (TPSA) is 118 Å². The van der Waals surface area contributed by atoms with Gasteiger partial charge < -0.3 is 19.9 Å². The fourth-order valence-corrected chi connectivity index (χ4v) is 3.10. The summed E-state index contributed by atoms with van der Waals surface area (Å²) >= 11 is 5.25. The number of benzene rings is 2. The number of nitrogens with one attached hydrogen (secondary N) is 2. The van der Waals surface area contributed by atoms with Crippen LogP contribution in [0.1, 0.15) is 12.5 Å². The lowest BCUT2D eigenvalue weighted by Gasteiger charge is -2.15. The van der Waals surface area contributed by atoms with Crippen LogP contribution in [0.2, 0.25) is 0 Å². The van der Waals surface area contributed by atoms with Crippen LogP contribution in [-0.2, 0) is 4.79 Å². The summed E-state index contributed by atoms with van der Waals surface area (Å²) in [5, 5.41) is 13.5. The highest BCUT2D eigenvalue weighted by Crippen LogP contribution is 2.31. The predicted octanol–water partition coefficient (Wildman–Crippen LogP) is 3.33. The lowest BCUT2D eigenvalue weighted by Crippen LogP contribution is -2.18. The SMILES string of the molecule is COc1ccc(OC)c(-n2c(O)c(C=Nc3ccc(NC(C)=O)cc3)c(=O)[nH]c2=S)c1. The third-order valence-electron chi connectivity index (χ3n) is 4.28. The highest BCUT2D eigenvalue weighted by Gasteiger charge is 2.16. The molecule has 1 amide bonds. The highest BCUT2D eigenvalue weighted by molar-refractivity contribution is 7.71. The summed E-state index contributed by atoms with van der Waals surface area (Å²) in [7, 11) is 2.98. The average Bonchev–Trinajstić information content (AvgIpc) is 2.74. The van der Waals surface area contributed by atoms with E-state index in [1.54, 1.807) is 42.5 Å². The van der Waals surface area contributed by atoms with Gasteiger partial charge in [-0.05, 0) is 48.6 Å². The minimum atomic E-state index is -0.598. The number of rotatable bonds is 6. The van der Waals surface area contributed by atoms with Gasteiger partial charge in [-0.2, -0.15) is 0 Å². The number of carbonyl (C=O) groups excluding carboxylic acids is 1. The fraction of sp³-hybridized carbons (Fsp3) is 0.143. The minimum absolute atomic E-state index is 0.0223. The molecule has 10 heteroatoms. The summed E-state index contributed by atoms with van der Waals surface area (Å²) in [6.07, 6.45) is 1.24.